The molecule has 3 rings (SSSR count). The highest BCUT2D eigenvalue weighted by Crippen LogP contribution is 2.37. The second-order valence-corrected chi connectivity index (χ2v) is 4.94. The van der Waals surface area contributed by atoms with E-state index in [2.05, 4.69) is 33.0 Å². The van der Waals surface area contributed by atoms with Gasteiger partial charge in [0.25, 0.3) is 0 Å². The van der Waals surface area contributed by atoms with Crippen molar-refractivity contribution in [1.82, 2.24) is 14.9 Å². The standard InChI is InChI=1S/C12H20N4/c1-13-10-3-2-7-15(9-10)12-14-6-8-16(12)11-4-5-11/h6,8,10-11,13H,2-5,7,9H2,1H3. The number of rotatable bonds is 3. The number of piperidine rings is 1. The third kappa shape index (κ3) is 1.82. The summed E-state index contributed by atoms with van der Waals surface area (Å²) in [5.41, 5.74) is 0. The second kappa shape index (κ2) is 4.09. The van der Waals surface area contributed by atoms with Crippen LogP contribution in [0.15, 0.2) is 12.4 Å². The van der Waals surface area contributed by atoms with Crippen molar-refractivity contribution >= 4 is 5.95 Å². The molecule has 0 amide bonds. The fourth-order valence-electron chi connectivity index (χ4n) is 2.58. The predicted molar refractivity (Wildman–Crippen MR) is 64.8 cm³/mol. The minimum atomic E-state index is 0.623. The Balaban J connectivity index is 1.77. The van der Waals surface area contributed by atoms with Crippen molar-refractivity contribution in [3.8, 4) is 0 Å². The molecule has 1 unspecified atom stereocenters. The van der Waals surface area contributed by atoms with Crippen LogP contribution >= 0.6 is 0 Å². The average Bonchev–Trinajstić information content (AvgIpc) is 3.07. The van der Waals surface area contributed by atoms with Crippen LogP contribution in [0.25, 0.3) is 0 Å². The van der Waals surface area contributed by atoms with Gasteiger partial charge in [0.1, 0.15) is 0 Å². The topological polar surface area (TPSA) is 33.1 Å². The fourth-order valence-corrected chi connectivity index (χ4v) is 2.58. The molecule has 1 aliphatic carbocycles. The molecule has 0 radical (unpaired) electrons. The van der Waals surface area contributed by atoms with Crippen LogP contribution in [0.1, 0.15) is 31.7 Å². The van der Waals surface area contributed by atoms with E-state index < -0.39 is 0 Å². The van der Waals surface area contributed by atoms with Crippen LogP contribution in [0.5, 0.6) is 0 Å². The summed E-state index contributed by atoms with van der Waals surface area (Å²) >= 11 is 0. The molecule has 1 aromatic heterocycles. The molecule has 16 heavy (non-hydrogen) atoms. The molecular weight excluding hydrogens is 200 g/mol. The van der Waals surface area contributed by atoms with E-state index in [0.29, 0.717) is 6.04 Å². The van der Waals surface area contributed by atoms with E-state index in [9.17, 15) is 0 Å². The summed E-state index contributed by atoms with van der Waals surface area (Å²) in [7, 11) is 2.06. The first-order chi connectivity index (χ1) is 7.88. The number of hydrogen-bond acceptors (Lipinski definition) is 3. The zero-order valence-electron chi connectivity index (χ0n) is 9.89. The molecule has 4 heteroatoms. The van der Waals surface area contributed by atoms with Gasteiger partial charge >= 0.3 is 0 Å². The van der Waals surface area contributed by atoms with E-state index in [1.165, 1.54) is 31.6 Å². The zero-order valence-corrected chi connectivity index (χ0v) is 9.89. The van der Waals surface area contributed by atoms with Gasteiger partial charge in [-0.3, -0.25) is 0 Å². The van der Waals surface area contributed by atoms with Gasteiger partial charge in [-0.15, -0.1) is 0 Å². The van der Waals surface area contributed by atoms with Gasteiger partial charge < -0.3 is 14.8 Å². The number of nitrogens with one attached hydrogen (secondary N) is 1. The van der Waals surface area contributed by atoms with Gasteiger partial charge in [-0.1, -0.05) is 0 Å². The van der Waals surface area contributed by atoms with Crippen LogP contribution in [-0.4, -0.2) is 35.7 Å². The lowest BCUT2D eigenvalue weighted by Gasteiger charge is -2.33. The van der Waals surface area contributed by atoms with Crippen LogP contribution in [0.3, 0.4) is 0 Å². The van der Waals surface area contributed by atoms with Gasteiger partial charge in [0.15, 0.2) is 0 Å². The third-order valence-corrected chi connectivity index (χ3v) is 3.70. The van der Waals surface area contributed by atoms with Gasteiger partial charge in [0, 0.05) is 37.6 Å². The smallest absolute Gasteiger partial charge is 0.205 e. The minimum absolute atomic E-state index is 0.623. The highest BCUT2D eigenvalue weighted by molar-refractivity contribution is 5.34. The quantitative estimate of drug-likeness (QED) is 0.836. The Morgan fingerprint density at radius 3 is 3.00 bits per heavy atom. The van der Waals surface area contributed by atoms with Crippen LogP contribution in [0.4, 0.5) is 5.95 Å². The lowest BCUT2D eigenvalue weighted by Crippen LogP contribution is -2.45. The molecule has 0 spiro atoms. The van der Waals surface area contributed by atoms with Crippen molar-refractivity contribution in [2.45, 2.75) is 37.8 Å². The average molecular weight is 220 g/mol. The van der Waals surface area contributed by atoms with E-state index in [4.69, 9.17) is 0 Å². The van der Waals surface area contributed by atoms with Crippen molar-refractivity contribution in [3.05, 3.63) is 12.4 Å². The molecule has 1 atom stereocenters. The molecule has 2 heterocycles. The summed E-state index contributed by atoms with van der Waals surface area (Å²) in [4.78, 5) is 6.96. The highest BCUT2D eigenvalue weighted by Gasteiger charge is 2.29. The highest BCUT2D eigenvalue weighted by atomic mass is 15.3. The Morgan fingerprint density at radius 2 is 2.25 bits per heavy atom. The summed E-state index contributed by atoms with van der Waals surface area (Å²) in [6, 6.07) is 1.35. The molecule has 0 aromatic carbocycles. The fraction of sp³-hybridized carbons (Fsp3) is 0.750. The summed E-state index contributed by atoms with van der Waals surface area (Å²) < 4.78 is 2.36. The van der Waals surface area contributed by atoms with Crippen molar-refractivity contribution in [2.24, 2.45) is 0 Å². The van der Waals surface area contributed by atoms with Crippen molar-refractivity contribution < 1.29 is 0 Å². The molecule has 1 aliphatic heterocycles. The van der Waals surface area contributed by atoms with E-state index in [1.807, 2.05) is 6.20 Å². The van der Waals surface area contributed by atoms with Gasteiger partial charge in [-0.2, -0.15) is 0 Å². The SMILES string of the molecule is CNC1CCCN(c2nccn2C2CC2)C1. The molecule has 1 saturated carbocycles. The Morgan fingerprint density at radius 1 is 1.38 bits per heavy atom. The second-order valence-electron chi connectivity index (χ2n) is 4.94. The first-order valence-corrected chi connectivity index (χ1v) is 6.33. The molecule has 2 fully saturated rings. The molecule has 1 aromatic rings. The normalized spacial score (nSPS) is 26.1. The van der Waals surface area contributed by atoms with Crippen LogP contribution in [0.2, 0.25) is 0 Å². The number of aromatic nitrogens is 2. The molecule has 1 saturated heterocycles. The Kier molecular flexibility index (Phi) is 2.59. The Hall–Kier alpha value is -1.03. The molecule has 0 bridgehead atoms. The predicted octanol–water partition coefficient (Wildman–Crippen LogP) is 1.41. The van der Waals surface area contributed by atoms with Crippen LogP contribution < -0.4 is 10.2 Å². The van der Waals surface area contributed by atoms with E-state index in [1.54, 1.807) is 0 Å². The molecule has 4 nitrogen and oxygen atoms in total. The van der Waals surface area contributed by atoms with E-state index in [0.717, 1.165) is 19.1 Å². The van der Waals surface area contributed by atoms with Gasteiger partial charge in [0.05, 0.1) is 0 Å². The maximum Gasteiger partial charge on any atom is 0.205 e. The molecular formula is C12H20N4. The summed E-state index contributed by atoms with van der Waals surface area (Å²) in [5, 5.41) is 3.38. The lowest BCUT2D eigenvalue weighted by atomic mass is 10.1. The van der Waals surface area contributed by atoms with Crippen molar-refractivity contribution in [3.63, 3.8) is 0 Å². The van der Waals surface area contributed by atoms with E-state index >= 15 is 0 Å². The summed E-state index contributed by atoms with van der Waals surface area (Å²) in [6.07, 6.45) is 9.28. The number of imidazole rings is 1. The number of hydrogen-bond donors (Lipinski definition) is 1. The Bertz CT molecular complexity index is 356. The number of anilines is 1. The van der Waals surface area contributed by atoms with Crippen LogP contribution in [-0.2, 0) is 0 Å². The maximum absolute atomic E-state index is 4.53. The summed E-state index contributed by atoms with van der Waals surface area (Å²) in [5.74, 6) is 1.18. The summed E-state index contributed by atoms with van der Waals surface area (Å²) in [6.45, 7) is 2.25. The lowest BCUT2D eigenvalue weighted by molar-refractivity contribution is 0.441. The molecule has 2 aliphatic rings. The van der Waals surface area contributed by atoms with E-state index in [-0.39, 0.29) is 0 Å². The molecule has 88 valence electrons. The first kappa shape index (κ1) is 10.1. The number of nitrogens with zero attached hydrogens (tertiary/aromatic N) is 3. The number of likely N-dealkylation sites (N-methyl/N-ethyl adjacent to an activating group) is 1. The third-order valence-electron chi connectivity index (χ3n) is 3.70. The minimum Gasteiger partial charge on any atom is -0.341 e. The van der Waals surface area contributed by atoms with Crippen molar-refractivity contribution in [1.29, 1.82) is 0 Å². The largest absolute Gasteiger partial charge is 0.341 e. The first-order valence-electron chi connectivity index (χ1n) is 6.33. The maximum atomic E-state index is 4.53. The zero-order chi connectivity index (χ0) is 11.0. The molecule has 1 N–H and O–H groups in total. The monoisotopic (exact) mass is 220 g/mol. The van der Waals surface area contributed by atoms with Gasteiger partial charge in [-0.25, -0.2) is 4.98 Å². The van der Waals surface area contributed by atoms with Crippen molar-refractivity contribution in [2.75, 3.05) is 25.0 Å². The van der Waals surface area contributed by atoms with Gasteiger partial charge in [-0.05, 0) is 32.7 Å². The van der Waals surface area contributed by atoms with Gasteiger partial charge in [0.2, 0.25) is 5.95 Å². The van der Waals surface area contributed by atoms with Crippen LogP contribution in [0, 0.1) is 0 Å². The Labute approximate surface area is 96.7 Å².